The molecule has 2 aromatic rings. The molecule has 0 bridgehead atoms. The van der Waals surface area contributed by atoms with Crippen LogP contribution >= 0.6 is 0 Å². The minimum absolute atomic E-state index is 0.0307. The Morgan fingerprint density at radius 2 is 1.58 bits per heavy atom. The van der Waals surface area contributed by atoms with E-state index in [4.69, 9.17) is 0 Å². The molecule has 26 heavy (non-hydrogen) atoms. The molecule has 0 fully saturated rings. The first-order chi connectivity index (χ1) is 12.3. The number of carbonyl (C=O) groups is 2. The average molecular weight is 362 g/mol. The largest absolute Gasteiger partial charge is 0.322 e. The van der Waals surface area contributed by atoms with Crippen molar-refractivity contribution in [3.8, 4) is 0 Å². The summed E-state index contributed by atoms with van der Waals surface area (Å²) in [5.74, 6) is -2.25. The van der Waals surface area contributed by atoms with Crippen molar-refractivity contribution in [3.05, 3.63) is 59.2 Å². The molecule has 7 heteroatoms. The van der Waals surface area contributed by atoms with Gasteiger partial charge in [0.15, 0.2) is 13.1 Å². The molecule has 2 rings (SSSR count). The molecule has 3 N–H and O–H groups in total. The number of aryl methyl sites for hydroxylation is 1. The van der Waals surface area contributed by atoms with Crippen LogP contribution in [0.15, 0.2) is 36.4 Å². The summed E-state index contributed by atoms with van der Waals surface area (Å²) in [6, 6.07) is 8.56. The van der Waals surface area contributed by atoms with E-state index in [1.54, 1.807) is 7.05 Å². The zero-order chi connectivity index (χ0) is 19.3. The van der Waals surface area contributed by atoms with E-state index in [0.29, 0.717) is 11.0 Å². The highest BCUT2D eigenvalue weighted by Gasteiger charge is 2.16. The number of rotatable bonds is 6. The molecule has 2 amide bonds. The maximum Gasteiger partial charge on any atom is 0.279 e. The fourth-order valence-corrected chi connectivity index (χ4v) is 2.48. The zero-order valence-electron chi connectivity index (χ0n) is 15.0. The fraction of sp³-hybridized carbons (Fsp3) is 0.263. The summed E-state index contributed by atoms with van der Waals surface area (Å²) in [5, 5.41) is 5.20. The number of hydrogen-bond acceptors (Lipinski definition) is 2. The van der Waals surface area contributed by atoms with Gasteiger partial charge >= 0.3 is 0 Å². The predicted molar refractivity (Wildman–Crippen MR) is 96.2 cm³/mol. The van der Waals surface area contributed by atoms with E-state index in [1.807, 2.05) is 32.0 Å². The average Bonchev–Trinajstić information content (AvgIpc) is 2.54. The van der Waals surface area contributed by atoms with Crippen LogP contribution in [-0.4, -0.2) is 32.0 Å². The summed E-state index contributed by atoms with van der Waals surface area (Å²) in [6.07, 6.45) is 0. The van der Waals surface area contributed by atoms with Crippen molar-refractivity contribution >= 4 is 23.2 Å². The Labute approximate surface area is 151 Å². The molecule has 0 aliphatic rings. The number of benzene rings is 2. The lowest BCUT2D eigenvalue weighted by Crippen LogP contribution is -3.11. The van der Waals surface area contributed by atoms with Crippen LogP contribution in [-0.2, 0) is 9.59 Å². The molecule has 0 spiro atoms. The number of halogens is 2. The quantitative estimate of drug-likeness (QED) is 0.732. The summed E-state index contributed by atoms with van der Waals surface area (Å²) in [6.45, 7) is 3.93. The third kappa shape index (κ3) is 5.35. The molecule has 1 unspecified atom stereocenters. The fourth-order valence-electron chi connectivity index (χ4n) is 2.48. The zero-order valence-corrected chi connectivity index (χ0v) is 15.0. The van der Waals surface area contributed by atoms with Crippen LogP contribution in [0, 0.1) is 25.5 Å². The van der Waals surface area contributed by atoms with Gasteiger partial charge in [-0.2, -0.15) is 0 Å². The number of anilines is 2. The maximum absolute atomic E-state index is 13.5. The topological polar surface area (TPSA) is 62.6 Å². The summed E-state index contributed by atoms with van der Waals surface area (Å²) < 4.78 is 26.4. The molecule has 0 radical (unpaired) electrons. The predicted octanol–water partition coefficient (Wildman–Crippen LogP) is 1.67. The van der Waals surface area contributed by atoms with Gasteiger partial charge in [-0.1, -0.05) is 12.1 Å². The van der Waals surface area contributed by atoms with Crippen LogP contribution in [0.3, 0.4) is 0 Å². The molecule has 0 aliphatic heterocycles. The van der Waals surface area contributed by atoms with Gasteiger partial charge in [0.05, 0.1) is 12.7 Å². The Hall–Kier alpha value is -2.80. The third-order valence-electron chi connectivity index (χ3n) is 4.01. The van der Waals surface area contributed by atoms with Crippen LogP contribution in [0.25, 0.3) is 0 Å². The Bertz CT molecular complexity index is 824. The van der Waals surface area contributed by atoms with Gasteiger partial charge in [0, 0.05) is 11.8 Å². The molecule has 1 atom stereocenters. The van der Waals surface area contributed by atoms with E-state index in [0.717, 1.165) is 28.9 Å². The maximum atomic E-state index is 13.5. The molecule has 0 aromatic heterocycles. The van der Waals surface area contributed by atoms with Crippen molar-refractivity contribution in [1.82, 2.24) is 0 Å². The Kier molecular flexibility index (Phi) is 6.41. The summed E-state index contributed by atoms with van der Waals surface area (Å²) in [4.78, 5) is 24.8. The van der Waals surface area contributed by atoms with Crippen molar-refractivity contribution in [3.63, 3.8) is 0 Å². The highest BCUT2D eigenvalue weighted by atomic mass is 19.1. The van der Waals surface area contributed by atoms with Gasteiger partial charge < -0.3 is 15.5 Å². The minimum Gasteiger partial charge on any atom is -0.322 e. The highest BCUT2D eigenvalue weighted by molar-refractivity contribution is 5.93. The van der Waals surface area contributed by atoms with Crippen molar-refractivity contribution in [2.24, 2.45) is 0 Å². The number of quaternary nitrogens is 1. The molecule has 0 heterocycles. The number of carbonyl (C=O) groups excluding carboxylic acids is 2. The Morgan fingerprint density at radius 3 is 2.19 bits per heavy atom. The van der Waals surface area contributed by atoms with E-state index in [2.05, 4.69) is 10.6 Å². The van der Waals surface area contributed by atoms with Gasteiger partial charge in [-0.05, 0) is 43.2 Å². The molecular formula is C19H22F2N3O2+. The van der Waals surface area contributed by atoms with Crippen LogP contribution in [0.5, 0.6) is 0 Å². The summed E-state index contributed by atoms with van der Waals surface area (Å²) >= 11 is 0. The first kappa shape index (κ1) is 19.5. The van der Waals surface area contributed by atoms with Gasteiger partial charge in [0.25, 0.3) is 11.8 Å². The normalized spacial score (nSPS) is 11.7. The van der Waals surface area contributed by atoms with Gasteiger partial charge in [-0.25, -0.2) is 8.78 Å². The van der Waals surface area contributed by atoms with Gasteiger partial charge in [0.1, 0.15) is 11.6 Å². The molecule has 0 aliphatic carbocycles. The van der Waals surface area contributed by atoms with E-state index < -0.39 is 17.5 Å². The van der Waals surface area contributed by atoms with Crippen LogP contribution in [0.4, 0.5) is 20.2 Å². The molecule has 138 valence electrons. The Balaban J connectivity index is 1.87. The molecular weight excluding hydrogens is 340 g/mol. The number of likely N-dealkylation sites (N-methyl/N-ethyl adjacent to an activating group) is 1. The van der Waals surface area contributed by atoms with Crippen molar-refractivity contribution in [2.45, 2.75) is 13.8 Å². The summed E-state index contributed by atoms with van der Waals surface area (Å²) in [7, 11) is 1.68. The number of hydrogen-bond donors (Lipinski definition) is 3. The molecule has 0 saturated carbocycles. The number of nitrogens with one attached hydrogen (secondary N) is 3. The standard InChI is InChI=1S/C19H21F2N3O2/c1-12-5-4-6-16(13(12)2)22-18(25)10-24(3)11-19(26)23-17-8-7-14(20)9-15(17)21/h4-9H,10-11H2,1-3H3,(H,22,25)(H,23,26)/p+1. The lowest BCUT2D eigenvalue weighted by Gasteiger charge is -2.15. The Morgan fingerprint density at radius 1 is 0.962 bits per heavy atom. The van der Waals surface area contributed by atoms with Crippen molar-refractivity contribution in [2.75, 3.05) is 30.8 Å². The second-order valence-electron chi connectivity index (χ2n) is 6.28. The van der Waals surface area contributed by atoms with Gasteiger partial charge in [-0.3, -0.25) is 9.59 Å². The van der Waals surface area contributed by atoms with Crippen LogP contribution in [0.1, 0.15) is 11.1 Å². The lowest BCUT2D eigenvalue weighted by molar-refractivity contribution is -0.862. The van der Waals surface area contributed by atoms with E-state index in [9.17, 15) is 18.4 Å². The highest BCUT2D eigenvalue weighted by Crippen LogP contribution is 2.17. The van der Waals surface area contributed by atoms with Gasteiger partial charge in [0.2, 0.25) is 0 Å². The van der Waals surface area contributed by atoms with Crippen LogP contribution in [0.2, 0.25) is 0 Å². The smallest absolute Gasteiger partial charge is 0.279 e. The van der Waals surface area contributed by atoms with E-state index in [1.165, 1.54) is 0 Å². The third-order valence-corrected chi connectivity index (χ3v) is 4.01. The van der Waals surface area contributed by atoms with E-state index >= 15 is 0 Å². The minimum atomic E-state index is -0.844. The van der Waals surface area contributed by atoms with Crippen molar-refractivity contribution in [1.29, 1.82) is 0 Å². The molecule has 2 aromatic carbocycles. The van der Waals surface area contributed by atoms with Crippen LogP contribution < -0.4 is 15.5 Å². The second kappa shape index (κ2) is 8.53. The number of amides is 2. The SMILES string of the molecule is Cc1cccc(NC(=O)C[NH+](C)CC(=O)Nc2ccc(F)cc2F)c1C. The van der Waals surface area contributed by atoms with E-state index in [-0.39, 0.29) is 24.7 Å². The summed E-state index contributed by atoms with van der Waals surface area (Å²) in [5.41, 5.74) is 2.71. The molecule has 5 nitrogen and oxygen atoms in total. The molecule has 0 saturated heterocycles. The first-order valence-corrected chi connectivity index (χ1v) is 8.18. The van der Waals surface area contributed by atoms with Crippen molar-refractivity contribution < 1.29 is 23.3 Å². The lowest BCUT2D eigenvalue weighted by atomic mass is 10.1. The first-order valence-electron chi connectivity index (χ1n) is 8.18. The second-order valence-corrected chi connectivity index (χ2v) is 6.28. The monoisotopic (exact) mass is 362 g/mol. The van der Waals surface area contributed by atoms with Gasteiger partial charge in [-0.15, -0.1) is 0 Å².